The van der Waals surface area contributed by atoms with Gasteiger partial charge < -0.3 is 4.74 Å². The third-order valence-electron chi connectivity index (χ3n) is 3.90. The first kappa shape index (κ1) is 17.3. The summed E-state index contributed by atoms with van der Waals surface area (Å²) < 4.78 is 5.75. The average molecular weight is 353 g/mol. The Morgan fingerprint density at radius 2 is 1.76 bits per heavy atom. The van der Waals surface area contributed by atoms with Crippen LogP contribution in [0.25, 0.3) is 6.08 Å². The Hall–Kier alpha value is -2.53. The highest BCUT2D eigenvalue weighted by Crippen LogP contribution is 2.35. The number of benzene rings is 2. The molecule has 0 aliphatic carbocycles. The van der Waals surface area contributed by atoms with Crippen LogP contribution in [0, 0.1) is 0 Å². The lowest BCUT2D eigenvalue weighted by atomic mass is 10.2. The first-order chi connectivity index (χ1) is 12.1. The van der Waals surface area contributed by atoms with Crippen LogP contribution in [0.2, 0.25) is 0 Å². The van der Waals surface area contributed by atoms with E-state index in [9.17, 15) is 9.59 Å². The summed E-state index contributed by atoms with van der Waals surface area (Å²) in [4.78, 5) is 26.4. The van der Waals surface area contributed by atoms with E-state index in [0.717, 1.165) is 29.5 Å². The van der Waals surface area contributed by atoms with Gasteiger partial charge in [0.05, 0.1) is 16.7 Å². The van der Waals surface area contributed by atoms with Gasteiger partial charge in [0.2, 0.25) is 0 Å². The Bertz CT molecular complexity index is 799. The summed E-state index contributed by atoms with van der Waals surface area (Å²) in [5, 5.41) is -0.279. The molecule has 4 nitrogen and oxygen atoms in total. The van der Waals surface area contributed by atoms with Gasteiger partial charge in [-0.05, 0) is 61.0 Å². The summed E-state index contributed by atoms with van der Waals surface area (Å²) in [7, 11) is 0. The molecule has 0 N–H and O–H groups in total. The van der Waals surface area contributed by atoms with Crippen LogP contribution in [0.3, 0.4) is 0 Å². The van der Waals surface area contributed by atoms with E-state index < -0.39 is 0 Å². The van der Waals surface area contributed by atoms with Crippen molar-refractivity contribution in [2.75, 3.05) is 4.90 Å². The highest BCUT2D eigenvalue weighted by molar-refractivity contribution is 8.19. The number of nitrogens with zero attached hydrogens (tertiary/aromatic N) is 1. The van der Waals surface area contributed by atoms with Gasteiger partial charge in [-0.2, -0.15) is 0 Å². The number of amides is 2. The molecule has 2 aromatic carbocycles. The molecule has 0 bridgehead atoms. The fraction of sp³-hybridized carbons (Fsp3) is 0.200. The molecule has 3 rings (SSSR count). The zero-order chi connectivity index (χ0) is 17.8. The van der Waals surface area contributed by atoms with Crippen LogP contribution in [0.4, 0.5) is 10.5 Å². The molecule has 1 aliphatic heterocycles. The quantitative estimate of drug-likeness (QED) is 0.701. The topological polar surface area (TPSA) is 46.6 Å². The van der Waals surface area contributed by atoms with Gasteiger partial charge in [-0.3, -0.25) is 9.59 Å². The van der Waals surface area contributed by atoms with Crippen LogP contribution in [0.1, 0.15) is 25.8 Å². The first-order valence-corrected chi connectivity index (χ1v) is 9.00. The maximum absolute atomic E-state index is 12.6. The molecule has 25 heavy (non-hydrogen) atoms. The highest BCUT2D eigenvalue weighted by Gasteiger charge is 2.36. The average Bonchev–Trinajstić information content (AvgIpc) is 2.90. The Morgan fingerprint density at radius 1 is 1.08 bits per heavy atom. The van der Waals surface area contributed by atoms with Crippen LogP contribution in [-0.4, -0.2) is 17.3 Å². The predicted octanol–water partition coefficient (Wildman–Crippen LogP) is 5.10. The number of hydrogen-bond donors (Lipinski definition) is 0. The predicted molar refractivity (Wildman–Crippen MR) is 102 cm³/mol. The van der Waals surface area contributed by atoms with Gasteiger partial charge in [0, 0.05) is 0 Å². The second-order valence-electron chi connectivity index (χ2n) is 5.76. The van der Waals surface area contributed by atoms with Crippen molar-refractivity contribution in [3.63, 3.8) is 0 Å². The Labute approximate surface area is 151 Å². The second-order valence-corrected chi connectivity index (χ2v) is 6.75. The summed E-state index contributed by atoms with van der Waals surface area (Å²) >= 11 is 0.957. The minimum absolute atomic E-state index is 0.160. The van der Waals surface area contributed by atoms with E-state index in [4.69, 9.17) is 4.74 Å². The number of carbonyl (C=O) groups is 2. The molecule has 0 unspecified atom stereocenters. The number of carbonyl (C=O) groups excluding carboxylic acids is 2. The fourth-order valence-corrected chi connectivity index (χ4v) is 3.22. The largest absolute Gasteiger partial charge is 0.491 e. The number of ether oxygens (including phenoxy) is 1. The van der Waals surface area contributed by atoms with Crippen molar-refractivity contribution in [1.82, 2.24) is 0 Å². The van der Waals surface area contributed by atoms with Gasteiger partial charge in [0.15, 0.2) is 0 Å². The van der Waals surface area contributed by atoms with Gasteiger partial charge in [0.25, 0.3) is 11.1 Å². The number of hydrogen-bond acceptors (Lipinski definition) is 4. The van der Waals surface area contributed by atoms with Gasteiger partial charge >= 0.3 is 0 Å². The molecule has 0 aromatic heterocycles. The van der Waals surface area contributed by atoms with Crippen molar-refractivity contribution < 1.29 is 14.3 Å². The van der Waals surface area contributed by atoms with E-state index in [2.05, 4.69) is 6.92 Å². The number of imide groups is 1. The van der Waals surface area contributed by atoms with E-state index in [1.54, 1.807) is 30.3 Å². The van der Waals surface area contributed by atoms with E-state index >= 15 is 0 Å². The van der Waals surface area contributed by atoms with Crippen molar-refractivity contribution in [1.29, 1.82) is 0 Å². The first-order valence-electron chi connectivity index (χ1n) is 8.18. The molecule has 0 radical (unpaired) electrons. The number of rotatable bonds is 5. The molecular formula is C20H19NO3S. The Balaban J connectivity index is 1.78. The fourth-order valence-electron chi connectivity index (χ4n) is 2.38. The van der Waals surface area contributed by atoms with Gasteiger partial charge in [-0.25, -0.2) is 4.90 Å². The lowest BCUT2D eigenvalue weighted by molar-refractivity contribution is -0.113. The summed E-state index contributed by atoms with van der Waals surface area (Å²) in [6.07, 6.45) is 2.84. The molecule has 2 amide bonds. The molecule has 1 aliphatic rings. The van der Waals surface area contributed by atoms with Crippen molar-refractivity contribution in [2.45, 2.75) is 26.4 Å². The Morgan fingerprint density at radius 3 is 2.40 bits per heavy atom. The standard InChI is InChI=1S/C20H19NO3S/c1-3-14(2)24-17-11-9-15(10-12-17)13-18-19(22)21(20(23)25-18)16-7-5-4-6-8-16/h4-14H,3H2,1-2H3/b18-13+/t14-/m0/s1. The van der Waals surface area contributed by atoms with Crippen molar-refractivity contribution >= 4 is 34.7 Å². The van der Waals surface area contributed by atoms with E-state index in [0.29, 0.717) is 10.6 Å². The van der Waals surface area contributed by atoms with E-state index in [1.807, 2.05) is 37.3 Å². The third kappa shape index (κ3) is 3.94. The van der Waals surface area contributed by atoms with Crippen molar-refractivity contribution in [3.8, 4) is 5.75 Å². The summed E-state index contributed by atoms with van der Waals surface area (Å²) in [5.41, 5.74) is 1.45. The van der Waals surface area contributed by atoms with Gasteiger partial charge in [0.1, 0.15) is 5.75 Å². The lowest BCUT2D eigenvalue weighted by Gasteiger charge is -2.12. The maximum atomic E-state index is 12.6. The highest BCUT2D eigenvalue weighted by atomic mass is 32.2. The Kier molecular flexibility index (Phi) is 5.24. The van der Waals surface area contributed by atoms with Crippen LogP contribution < -0.4 is 9.64 Å². The molecule has 2 aromatic rings. The smallest absolute Gasteiger partial charge is 0.298 e. The number of anilines is 1. The minimum Gasteiger partial charge on any atom is -0.491 e. The van der Waals surface area contributed by atoms with Crippen LogP contribution in [-0.2, 0) is 4.79 Å². The zero-order valence-electron chi connectivity index (χ0n) is 14.1. The lowest BCUT2D eigenvalue weighted by Crippen LogP contribution is -2.27. The van der Waals surface area contributed by atoms with Crippen LogP contribution in [0.15, 0.2) is 59.5 Å². The van der Waals surface area contributed by atoms with Crippen LogP contribution in [0.5, 0.6) is 5.75 Å². The molecular weight excluding hydrogens is 334 g/mol. The number of para-hydroxylation sites is 1. The minimum atomic E-state index is -0.291. The molecule has 1 heterocycles. The maximum Gasteiger partial charge on any atom is 0.298 e. The summed E-state index contributed by atoms with van der Waals surface area (Å²) in [5.74, 6) is 0.505. The van der Waals surface area contributed by atoms with E-state index in [-0.39, 0.29) is 17.3 Å². The van der Waals surface area contributed by atoms with Gasteiger partial charge in [-0.15, -0.1) is 0 Å². The molecule has 1 saturated heterocycles. The van der Waals surface area contributed by atoms with Gasteiger partial charge in [-0.1, -0.05) is 37.3 Å². The molecule has 1 fully saturated rings. The molecule has 128 valence electrons. The summed E-state index contributed by atoms with van der Waals surface area (Å²) in [6, 6.07) is 16.5. The monoisotopic (exact) mass is 353 g/mol. The van der Waals surface area contributed by atoms with E-state index in [1.165, 1.54) is 4.90 Å². The zero-order valence-corrected chi connectivity index (χ0v) is 15.0. The second kappa shape index (κ2) is 7.57. The molecule has 1 atom stereocenters. The number of thioether (sulfide) groups is 1. The third-order valence-corrected chi connectivity index (χ3v) is 4.77. The molecule has 0 spiro atoms. The molecule has 0 saturated carbocycles. The normalized spacial score (nSPS) is 17.2. The SMILES string of the molecule is CC[C@H](C)Oc1ccc(/C=C2/SC(=O)N(c3ccccc3)C2=O)cc1. The summed E-state index contributed by atoms with van der Waals surface area (Å²) in [6.45, 7) is 4.09. The van der Waals surface area contributed by atoms with Crippen molar-refractivity contribution in [3.05, 3.63) is 65.1 Å². The molecule has 5 heteroatoms. The van der Waals surface area contributed by atoms with Crippen molar-refractivity contribution in [2.24, 2.45) is 0 Å². The van der Waals surface area contributed by atoms with Crippen LogP contribution >= 0.6 is 11.8 Å².